The first-order chi connectivity index (χ1) is 8.40. The molecule has 0 radical (unpaired) electrons. The third-order valence-corrected chi connectivity index (χ3v) is 2.50. The van der Waals surface area contributed by atoms with Gasteiger partial charge >= 0.3 is 0 Å². The monoisotopic (exact) mass is 246 g/mol. The molecule has 1 rings (SSSR count). The van der Waals surface area contributed by atoms with Crippen LogP contribution in [0.25, 0.3) is 6.08 Å². The molecule has 1 aromatic carbocycles. The molecule has 0 atom stereocenters. The summed E-state index contributed by atoms with van der Waals surface area (Å²) < 4.78 is 5.23. The number of aryl methyl sites for hydroxylation is 2. The Labute approximate surface area is 107 Å². The number of ether oxygens (including phenoxy) is 1. The fourth-order valence-corrected chi connectivity index (χ4v) is 1.48. The maximum Gasteiger partial charge on any atom is 0.194 e. The first kappa shape index (κ1) is 14.2. The zero-order chi connectivity index (χ0) is 13.7. The highest BCUT2D eigenvalue weighted by Crippen LogP contribution is 2.15. The van der Waals surface area contributed by atoms with Crippen LogP contribution in [-0.4, -0.2) is 18.2 Å². The van der Waals surface area contributed by atoms with E-state index >= 15 is 0 Å². The second-order valence-electron chi connectivity index (χ2n) is 4.42. The Kier molecular flexibility index (Phi) is 4.84. The van der Waals surface area contributed by atoms with Gasteiger partial charge in [0, 0.05) is 6.92 Å². The fourth-order valence-electron chi connectivity index (χ4n) is 1.48. The van der Waals surface area contributed by atoms with Gasteiger partial charge in [-0.15, -0.1) is 0 Å². The van der Waals surface area contributed by atoms with Crippen molar-refractivity contribution >= 4 is 17.6 Å². The van der Waals surface area contributed by atoms with Crippen molar-refractivity contribution in [3.8, 4) is 0 Å². The van der Waals surface area contributed by atoms with Crippen molar-refractivity contribution in [2.24, 2.45) is 0 Å². The highest BCUT2D eigenvalue weighted by molar-refractivity contribution is 5.96. The Bertz CT molecular complexity index is 498. The van der Waals surface area contributed by atoms with Crippen LogP contribution in [-0.2, 0) is 14.3 Å². The highest BCUT2D eigenvalue weighted by atomic mass is 16.5. The van der Waals surface area contributed by atoms with Crippen LogP contribution in [0.1, 0.15) is 30.5 Å². The molecule has 3 nitrogen and oxygen atoms in total. The Morgan fingerprint density at radius 2 is 1.89 bits per heavy atom. The fraction of sp³-hybridized carbons (Fsp3) is 0.333. The second kappa shape index (κ2) is 6.15. The SMILES string of the molecule is CC(=O)CO/C(=C/c1cc(C)ccc1C)C(C)=O. The molecule has 0 N–H and O–H groups in total. The van der Waals surface area contributed by atoms with Crippen molar-refractivity contribution < 1.29 is 14.3 Å². The van der Waals surface area contributed by atoms with Crippen LogP contribution in [0.3, 0.4) is 0 Å². The Morgan fingerprint density at radius 3 is 2.44 bits per heavy atom. The third kappa shape index (κ3) is 4.17. The van der Waals surface area contributed by atoms with E-state index in [-0.39, 0.29) is 23.9 Å². The Hall–Kier alpha value is -1.90. The van der Waals surface area contributed by atoms with Gasteiger partial charge in [0.2, 0.25) is 0 Å². The molecule has 0 aromatic heterocycles. The number of carbonyl (C=O) groups is 2. The number of carbonyl (C=O) groups excluding carboxylic acids is 2. The zero-order valence-electron chi connectivity index (χ0n) is 11.2. The molecule has 96 valence electrons. The second-order valence-corrected chi connectivity index (χ2v) is 4.42. The Morgan fingerprint density at radius 1 is 1.22 bits per heavy atom. The van der Waals surface area contributed by atoms with Gasteiger partial charge in [0.05, 0.1) is 0 Å². The number of Topliss-reactive ketones (excluding diaryl/α,β-unsaturated/α-hetero) is 2. The van der Waals surface area contributed by atoms with Gasteiger partial charge < -0.3 is 4.74 Å². The number of benzene rings is 1. The topological polar surface area (TPSA) is 43.4 Å². The summed E-state index contributed by atoms with van der Waals surface area (Å²) in [5.74, 6) is -0.0702. The predicted octanol–water partition coefficient (Wildman–Crippen LogP) is 2.84. The summed E-state index contributed by atoms with van der Waals surface area (Å²) in [4.78, 5) is 22.3. The lowest BCUT2D eigenvalue weighted by Crippen LogP contribution is -2.08. The van der Waals surface area contributed by atoms with E-state index in [1.54, 1.807) is 6.08 Å². The summed E-state index contributed by atoms with van der Waals surface area (Å²) in [7, 11) is 0. The standard InChI is InChI=1S/C15H18O3/c1-10-5-6-11(2)14(7-10)8-15(13(4)17)18-9-12(3)16/h5-8H,9H2,1-4H3/b15-8+. The average molecular weight is 246 g/mol. The van der Waals surface area contributed by atoms with Gasteiger partial charge in [-0.1, -0.05) is 23.8 Å². The van der Waals surface area contributed by atoms with Gasteiger partial charge in [-0.3, -0.25) is 9.59 Å². The summed E-state index contributed by atoms with van der Waals surface area (Å²) in [6, 6.07) is 5.98. The molecular weight excluding hydrogens is 228 g/mol. The van der Waals surface area contributed by atoms with Gasteiger partial charge in [0.15, 0.2) is 17.3 Å². The van der Waals surface area contributed by atoms with Gasteiger partial charge in [-0.2, -0.15) is 0 Å². The first-order valence-corrected chi connectivity index (χ1v) is 5.82. The van der Waals surface area contributed by atoms with Gasteiger partial charge in [-0.05, 0) is 38.0 Å². The quantitative estimate of drug-likeness (QED) is 0.592. The zero-order valence-corrected chi connectivity index (χ0v) is 11.2. The molecule has 3 heteroatoms. The van der Waals surface area contributed by atoms with E-state index in [2.05, 4.69) is 0 Å². The van der Waals surface area contributed by atoms with Gasteiger partial charge in [0.25, 0.3) is 0 Å². The van der Waals surface area contributed by atoms with Crippen LogP contribution < -0.4 is 0 Å². The molecule has 0 aliphatic heterocycles. The van der Waals surface area contributed by atoms with E-state index in [0.717, 1.165) is 16.7 Å². The van der Waals surface area contributed by atoms with Gasteiger partial charge in [0.1, 0.15) is 6.61 Å². The summed E-state index contributed by atoms with van der Waals surface area (Å²) in [5.41, 5.74) is 3.11. The molecule has 18 heavy (non-hydrogen) atoms. The maximum atomic E-state index is 11.5. The van der Waals surface area contributed by atoms with E-state index in [0.29, 0.717) is 0 Å². The number of allylic oxidation sites excluding steroid dienone is 1. The number of hydrogen-bond acceptors (Lipinski definition) is 3. The van der Waals surface area contributed by atoms with Crippen molar-refractivity contribution in [2.75, 3.05) is 6.61 Å². The van der Waals surface area contributed by atoms with E-state index in [1.807, 2.05) is 32.0 Å². The normalized spacial score (nSPS) is 11.2. The predicted molar refractivity (Wildman–Crippen MR) is 71.2 cm³/mol. The van der Waals surface area contributed by atoms with Gasteiger partial charge in [-0.25, -0.2) is 0 Å². The van der Waals surface area contributed by atoms with E-state index < -0.39 is 0 Å². The minimum atomic E-state index is -0.183. The average Bonchev–Trinajstić information content (AvgIpc) is 2.28. The lowest BCUT2D eigenvalue weighted by molar-refractivity contribution is -0.122. The molecule has 0 saturated heterocycles. The number of hydrogen-bond donors (Lipinski definition) is 0. The molecule has 0 fully saturated rings. The van der Waals surface area contributed by atoms with Crippen LogP contribution in [0.5, 0.6) is 0 Å². The molecule has 1 aromatic rings. The van der Waals surface area contributed by atoms with E-state index in [1.165, 1.54) is 13.8 Å². The largest absolute Gasteiger partial charge is 0.482 e. The first-order valence-electron chi connectivity index (χ1n) is 5.82. The lowest BCUT2D eigenvalue weighted by atomic mass is 10.0. The molecular formula is C15H18O3. The third-order valence-electron chi connectivity index (χ3n) is 2.50. The minimum absolute atomic E-state index is 0.0731. The van der Waals surface area contributed by atoms with Crippen LogP contribution in [0, 0.1) is 13.8 Å². The van der Waals surface area contributed by atoms with Crippen molar-refractivity contribution in [1.29, 1.82) is 0 Å². The number of ketones is 2. The minimum Gasteiger partial charge on any atom is -0.482 e. The maximum absolute atomic E-state index is 11.5. The molecule has 0 aliphatic rings. The molecule has 0 saturated carbocycles. The summed E-state index contributed by atoms with van der Waals surface area (Å²) >= 11 is 0. The van der Waals surface area contributed by atoms with Crippen molar-refractivity contribution in [3.63, 3.8) is 0 Å². The Balaban J connectivity index is 3.04. The highest BCUT2D eigenvalue weighted by Gasteiger charge is 2.08. The molecule has 0 bridgehead atoms. The molecule has 0 heterocycles. The van der Waals surface area contributed by atoms with Crippen molar-refractivity contribution in [3.05, 3.63) is 40.6 Å². The smallest absolute Gasteiger partial charge is 0.194 e. The summed E-state index contributed by atoms with van der Waals surface area (Å²) in [5, 5.41) is 0. The summed E-state index contributed by atoms with van der Waals surface area (Å²) in [6.07, 6.45) is 1.69. The van der Waals surface area contributed by atoms with Crippen LogP contribution in [0.15, 0.2) is 24.0 Å². The van der Waals surface area contributed by atoms with E-state index in [4.69, 9.17) is 4.74 Å². The molecule has 0 aliphatic carbocycles. The van der Waals surface area contributed by atoms with Crippen LogP contribution in [0.2, 0.25) is 0 Å². The van der Waals surface area contributed by atoms with Crippen molar-refractivity contribution in [2.45, 2.75) is 27.7 Å². The summed E-state index contributed by atoms with van der Waals surface area (Å²) in [6.45, 7) is 6.73. The molecule has 0 spiro atoms. The van der Waals surface area contributed by atoms with Crippen LogP contribution >= 0.6 is 0 Å². The van der Waals surface area contributed by atoms with E-state index in [9.17, 15) is 9.59 Å². The lowest BCUT2D eigenvalue weighted by Gasteiger charge is -2.08. The molecule has 0 unspecified atom stereocenters. The van der Waals surface area contributed by atoms with Crippen molar-refractivity contribution in [1.82, 2.24) is 0 Å². The van der Waals surface area contributed by atoms with Crippen LogP contribution in [0.4, 0.5) is 0 Å². The molecule has 0 amide bonds. The number of rotatable bonds is 5.